The number of piperazine rings is 1. The normalized spacial score (nSPS) is 20.1. The zero-order valence-corrected chi connectivity index (χ0v) is 15.3. The number of amides is 2. The van der Waals surface area contributed by atoms with E-state index >= 15 is 0 Å². The highest BCUT2D eigenvalue weighted by molar-refractivity contribution is 6.33. The fourth-order valence-electron chi connectivity index (χ4n) is 2.98. The lowest BCUT2D eigenvalue weighted by Gasteiger charge is -2.37. The molecule has 0 radical (unpaired) electrons. The Kier molecular flexibility index (Phi) is 5.93. The van der Waals surface area contributed by atoms with Crippen LogP contribution < -0.4 is 10.6 Å². The first-order chi connectivity index (χ1) is 12.0. The zero-order valence-electron chi connectivity index (χ0n) is 14.5. The van der Waals surface area contributed by atoms with Crippen LogP contribution in [0.3, 0.4) is 0 Å². The Labute approximate surface area is 153 Å². The number of nitrogens with one attached hydrogen (secondary N) is 2. The SMILES string of the molecule is C[C@@H](C(=O)NC1CC1)N1CCN(CC(=O)Nc2ccccc2Cl)CC1. The molecule has 136 valence electrons. The van der Waals surface area contributed by atoms with Crippen LogP contribution in [0, 0.1) is 0 Å². The number of carbonyl (C=O) groups excluding carboxylic acids is 2. The number of hydrogen-bond acceptors (Lipinski definition) is 4. The van der Waals surface area contributed by atoms with Gasteiger partial charge in [-0.1, -0.05) is 23.7 Å². The molecule has 6 nitrogen and oxygen atoms in total. The molecule has 25 heavy (non-hydrogen) atoms. The van der Waals surface area contributed by atoms with E-state index in [1.807, 2.05) is 19.1 Å². The van der Waals surface area contributed by atoms with Crippen LogP contribution in [0.5, 0.6) is 0 Å². The van der Waals surface area contributed by atoms with Gasteiger partial charge in [0, 0.05) is 32.2 Å². The number of benzene rings is 1. The molecule has 7 heteroatoms. The lowest BCUT2D eigenvalue weighted by atomic mass is 10.2. The van der Waals surface area contributed by atoms with Crippen molar-refractivity contribution in [3.8, 4) is 0 Å². The lowest BCUT2D eigenvalue weighted by molar-refractivity contribution is -0.127. The molecule has 1 saturated carbocycles. The predicted octanol–water partition coefficient (Wildman–Crippen LogP) is 1.56. The van der Waals surface area contributed by atoms with Crippen LogP contribution >= 0.6 is 11.6 Å². The summed E-state index contributed by atoms with van der Waals surface area (Å²) in [7, 11) is 0. The smallest absolute Gasteiger partial charge is 0.238 e. The van der Waals surface area contributed by atoms with Gasteiger partial charge in [-0.05, 0) is 31.9 Å². The second kappa shape index (κ2) is 8.17. The van der Waals surface area contributed by atoms with Crippen molar-refractivity contribution >= 4 is 29.1 Å². The average Bonchev–Trinajstić information content (AvgIpc) is 3.41. The van der Waals surface area contributed by atoms with Crippen molar-refractivity contribution < 1.29 is 9.59 Å². The summed E-state index contributed by atoms with van der Waals surface area (Å²) in [5.74, 6) is 0.0495. The standard InChI is InChI=1S/C18H25ClN4O2/c1-13(18(25)20-14-6-7-14)23-10-8-22(9-11-23)12-17(24)21-16-5-3-2-4-15(16)19/h2-5,13-14H,6-12H2,1H3,(H,20,25)(H,21,24)/t13-/m0/s1. The van der Waals surface area contributed by atoms with Crippen LogP contribution in [0.15, 0.2) is 24.3 Å². The third kappa shape index (κ3) is 5.17. The predicted molar refractivity (Wildman–Crippen MR) is 98.7 cm³/mol. The number of carbonyl (C=O) groups is 2. The van der Waals surface area contributed by atoms with Crippen LogP contribution in [0.2, 0.25) is 5.02 Å². The highest BCUT2D eigenvalue weighted by atomic mass is 35.5. The summed E-state index contributed by atoms with van der Waals surface area (Å²) in [6.07, 6.45) is 2.21. The van der Waals surface area contributed by atoms with E-state index in [4.69, 9.17) is 11.6 Å². The highest BCUT2D eigenvalue weighted by Gasteiger charge is 2.30. The highest BCUT2D eigenvalue weighted by Crippen LogP contribution is 2.21. The monoisotopic (exact) mass is 364 g/mol. The Bertz CT molecular complexity index is 627. The summed E-state index contributed by atoms with van der Waals surface area (Å²) in [6.45, 7) is 5.42. The molecule has 1 aliphatic heterocycles. The quantitative estimate of drug-likeness (QED) is 0.804. The summed E-state index contributed by atoms with van der Waals surface area (Å²) in [4.78, 5) is 28.6. The van der Waals surface area contributed by atoms with E-state index in [2.05, 4.69) is 20.4 Å². The van der Waals surface area contributed by atoms with E-state index in [0.29, 0.717) is 23.3 Å². The van der Waals surface area contributed by atoms with Crippen molar-refractivity contribution in [3.05, 3.63) is 29.3 Å². The molecule has 2 N–H and O–H groups in total. The first-order valence-electron chi connectivity index (χ1n) is 8.84. The molecule has 0 spiro atoms. The molecular formula is C18H25ClN4O2. The minimum atomic E-state index is -0.111. The van der Waals surface area contributed by atoms with Crippen molar-refractivity contribution in [2.45, 2.75) is 31.8 Å². The van der Waals surface area contributed by atoms with E-state index in [1.165, 1.54) is 0 Å². The third-order valence-corrected chi connectivity index (χ3v) is 5.10. The second-order valence-corrected chi connectivity index (χ2v) is 7.21. The fraction of sp³-hybridized carbons (Fsp3) is 0.556. The Balaban J connectivity index is 1.42. The number of halogens is 1. The summed E-state index contributed by atoms with van der Waals surface area (Å²) in [6, 6.07) is 7.50. The Morgan fingerprint density at radius 3 is 2.52 bits per heavy atom. The van der Waals surface area contributed by atoms with Crippen LogP contribution in [0.4, 0.5) is 5.69 Å². The molecule has 0 unspecified atom stereocenters. The van der Waals surface area contributed by atoms with Gasteiger partial charge in [-0.3, -0.25) is 19.4 Å². The minimum absolute atomic E-state index is 0.0684. The van der Waals surface area contributed by atoms with Crippen LogP contribution in [-0.2, 0) is 9.59 Å². The Morgan fingerprint density at radius 1 is 1.20 bits per heavy atom. The number of anilines is 1. The minimum Gasteiger partial charge on any atom is -0.352 e. The lowest BCUT2D eigenvalue weighted by Crippen LogP contribution is -2.55. The molecule has 1 aliphatic carbocycles. The van der Waals surface area contributed by atoms with Crippen molar-refractivity contribution in [3.63, 3.8) is 0 Å². The molecule has 1 aromatic rings. The van der Waals surface area contributed by atoms with Gasteiger partial charge in [0.25, 0.3) is 0 Å². The van der Waals surface area contributed by atoms with Gasteiger partial charge >= 0.3 is 0 Å². The average molecular weight is 365 g/mol. The number of hydrogen-bond donors (Lipinski definition) is 2. The number of para-hydroxylation sites is 1. The maximum absolute atomic E-state index is 12.2. The molecule has 1 atom stereocenters. The zero-order chi connectivity index (χ0) is 17.8. The third-order valence-electron chi connectivity index (χ3n) is 4.77. The van der Waals surface area contributed by atoms with E-state index < -0.39 is 0 Å². The van der Waals surface area contributed by atoms with Gasteiger partial charge in [-0.15, -0.1) is 0 Å². The fourth-order valence-corrected chi connectivity index (χ4v) is 3.16. The van der Waals surface area contributed by atoms with Gasteiger partial charge in [-0.2, -0.15) is 0 Å². The maximum atomic E-state index is 12.2. The largest absolute Gasteiger partial charge is 0.352 e. The Morgan fingerprint density at radius 2 is 1.88 bits per heavy atom. The second-order valence-electron chi connectivity index (χ2n) is 6.80. The van der Waals surface area contributed by atoms with Crippen molar-refractivity contribution in [1.29, 1.82) is 0 Å². The molecule has 1 heterocycles. The van der Waals surface area contributed by atoms with Gasteiger partial charge in [0.15, 0.2) is 0 Å². The molecule has 0 aromatic heterocycles. The topological polar surface area (TPSA) is 64.7 Å². The summed E-state index contributed by atoms with van der Waals surface area (Å²) >= 11 is 6.06. The van der Waals surface area contributed by atoms with E-state index in [-0.39, 0.29) is 17.9 Å². The van der Waals surface area contributed by atoms with Gasteiger partial charge in [0.2, 0.25) is 11.8 Å². The molecule has 0 bridgehead atoms. The van der Waals surface area contributed by atoms with Crippen molar-refractivity contribution in [2.75, 3.05) is 38.0 Å². The van der Waals surface area contributed by atoms with Crippen LogP contribution in [-0.4, -0.2) is 66.4 Å². The van der Waals surface area contributed by atoms with Gasteiger partial charge in [0.05, 0.1) is 23.3 Å². The molecule has 2 aliphatic rings. The number of rotatable bonds is 6. The van der Waals surface area contributed by atoms with Crippen molar-refractivity contribution in [2.24, 2.45) is 0 Å². The molecule has 1 saturated heterocycles. The number of nitrogens with zero attached hydrogens (tertiary/aromatic N) is 2. The van der Waals surface area contributed by atoms with Crippen molar-refractivity contribution in [1.82, 2.24) is 15.1 Å². The molecular weight excluding hydrogens is 340 g/mol. The van der Waals surface area contributed by atoms with E-state index in [9.17, 15) is 9.59 Å². The first kappa shape index (κ1) is 18.2. The van der Waals surface area contributed by atoms with Gasteiger partial charge in [0.1, 0.15) is 0 Å². The van der Waals surface area contributed by atoms with Gasteiger partial charge in [-0.25, -0.2) is 0 Å². The summed E-state index contributed by atoms with van der Waals surface area (Å²) in [5, 5.41) is 6.44. The van der Waals surface area contributed by atoms with E-state index in [1.54, 1.807) is 12.1 Å². The maximum Gasteiger partial charge on any atom is 0.238 e. The molecule has 3 rings (SSSR count). The molecule has 1 aromatic carbocycles. The molecule has 2 fully saturated rings. The first-order valence-corrected chi connectivity index (χ1v) is 9.22. The van der Waals surface area contributed by atoms with Gasteiger partial charge < -0.3 is 10.6 Å². The Hall–Kier alpha value is -1.63. The molecule has 2 amide bonds. The van der Waals surface area contributed by atoms with E-state index in [0.717, 1.165) is 39.0 Å². The summed E-state index contributed by atoms with van der Waals surface area (Å²) < 4.78 is 0. The van der Waals surface area contributed by atoms with Crippen LogP contribution in [0.25, 0.3) is 0 Å². The van der Waals surface area contributed by atoms with Crippen LogP contribution in [0.1, 0.15) is 19.8 Å². The summed E-state index contributed by atoms with van der Waals surface area (Å²) in [5.41, 5.74) is 0.637.